The van der Waals surface area contributed by atoms with Gasteiger partial charge in [0.25, 0.3) is 5.91 Å². The summed E-state index contributed by atoms with van der Waals surface area (Å²) >= 11 is 0. The van der Waals surface area contributed by atoms with Gasteiger partial charge in [0.05, 0.1) is 18.4 Å². The van der Waals surface area contributed by atoms with E-state index in [1.807, 2.05) is 0 Å². The van der Waals surface area contributed by atoms with E-state index in [0.29, 0.717) is 12.0 Å². The molecule has 0 fully saturated rings. The minimum Gasteiger partial charge on any atom is -0.395 e. The van der Waals surface area contributed by atoms with Crippen LogP contribution in [0.2, 0.25) is 0 Å². The minimum absolute atomic E-state index is 0.0474. The number of nitrogens with one attached hydrogen (secondary N) is 1. The van der Waals surface area contributed by atoms with Crippen LogP contribution in [0.3, 0.4) is 0 Å². The first-order chi connectivity index (χ1) is 10.2. The average Bonchev–Trinajstić information content (AvgIpc) is 2.50. The zero-order valence-electron chi connectivity index (χ0n) is 11.0. The number of carbonyl (C=O) groups excluding carboxylic acids is 1. The normalized spacial score (nSPS) is 9.62. The third kappa shape index (κ3) is 4.09. The van der Waals surface area contributed by atoms with Gasteiger partial charge in [0, 0.05) is 24.4 Å². The molecule has 21 heavy (non-hydrogen) atoms. The molecule has 1 heterocycles. The molecule has 106 valence electrons. The molecule has 6 heteroatoms. The number of rotatable bonds is 3. The van der Waals surface area contributed by atoms with Crippen molar-refractivity contribution >= 4 is 11.7 Å². The van der Waals surface area contributed by atoms with Crippen LogP contribution in [-0.2, 0) is 0 Å². The molecular weight excluding hydrogens is 273 g/mol. The number of amides is 1. The first-order valence-electron chi connectivity index (χ1n) is 6.17. The highest BCUT2D eigenvalue weighted by atomic mass is 19.1. The number of aliphatic hydroxyl groups is 1. The van der Waals surface area contributed by atoms with Crippen molar-refractivity contribution in [3.8, 4) is 11.8 Å². The van der Waals surface area contributed by atoms with Crippen LogP contribution in [0.5, 0.6) is 0 Å². The molecule has 1 aromatic carbocycles. The van der Waals surface area contributed by atoms with E-state index in [-0.39, 0.29) is 18.0 Å². The molecule has 5 nitrogen and oxygen atoms in total. The summed E-state index contributed by atoms with van der Waals surface area (Å²) in [6, 6.07) is 4.00. The van der Waals surface area contributed by atoms with E-state index in [1.165, 1.54) is 36.8 Å². The number of benzene rings is 1. The lowest BCUT2D eigenvalue weighted by Crippen LogP contribution is -2.15. The van der Waals surface area contributed by atoms with Crippen LogP contribution in [-0.4, -0.2) is 27.6 Å². The summed E-state index contributed by atoms with van der Waals surface area (Å²) in [6.45, 7) is -0.0474. The number of nitrogens with zero attached hydrogens (tertiary/aromatic N) is 2. The molecule has 0 unspecified atom stereocenters. The monoisotopic (exact) mass is 285 g/mol. The van der Waals surface area contributed by atoms with Crippen LogP contribution in [0.4, 0.5) is 10.2 Å². The third-order valence-electron chi connectivity index (χ3n) is 2.49. The highest BCUT2D eigenvalue weighted by Gasteiger charge is 2.13. The largest absolute Gasteiger partial charge is 0.395 e. The Labute approximate surface area is 120 Å². The number of anilines is 1. The summed E-state index contributed by atoms with van der Waals surface area (Å²) in [5.74, 6) is 4.42. The quantitative estimate of drug-likeness (QED) is 0.840. The van der Waals surface area contributed by atoms with Crippen LogP contribution in [0.15, 0.2) is 36.8 Å². The van der Waals surface area contributed by atoms with Gasteiger partial charge in [-0.05, 0) is 18.2 Å². The van der Waals surface area contributed by atoms with Crippen molar-refractivity contribution in [1.82, 2.24) is 9.97 Å². The van der Waals surface area contributed by atoms with Gasteiger partial charge < -0.3 is 10.4 Å². The smallest absolute Gasteiger partial charge is 0.259 e. The van der Waals surface area contributed by atoms with Crippen molar-refractivity contribution in [3.05, 3.63) is 53.7 Å². The average molecular weight is 285 g/mol. The lowest BCUT2D eigenvalue weighted by molar-refractivity contribution is 0.102. The Kier molecular flexibility index (Phi) is 4.96. The third-order valence-corrected chi connectivity index (χ3v) is 2.49. The van der Waals surface area contributed by atoms with E-state index < -0.39 is 11.7 Å². The lowest BCUT2D eigenvalue weighted by Gasteiger charge is -2.05. The first-order valence-corrected chi connectivity index (χ1v) is 6.17. The Bertz CT molecular complexity index is 693. The maximum Gasteiger partial charge on any atom is 0.259 e. The fourth-order valence-electron chi connectivity index (χ4n) is 1.54. The van der Waals surface area contributed by atoms with Crippen molar-refractivity contribution in [3.63, 3.8) is 0 Å². The van der Waals surface area contributed by atoms with Crippen LogP contribution in [0, 0.1) is 17.7 Å². The Hall–Kier alpha value is -2.78. The van der Waals surface area contributed by atoms with Crippen molar-refractivity contribution in [2.24, 2.45) is 0 Å². The zero-order chi connectivity index (χ0) is 15.1. The van der Waals surface area contributed by atoms with Gasteiger partial charge in [0.2, 0.25) is 0 Å². The zero-order valence-corrected chi connectivity index (χ0v) is 11.0. The van der Waals surface area contributed by atoms with E-state index in [2.05, 4.69) is 27.1 Å². The molecular formula is C15H12FN3O2. The second kappa shape index (κ2) is 7.12. The van der Waals surface area contributed by atoms with Crippen molar-refractivity contribution in [2.45, 2.75) is 6.42 Å². The minimum atomic E-state index is -0.649. The van der Waals surface area contributed by atoms with Gasteiger partial charge in [-0.25, -0.2) is 9.37 Å². The topological polar surface area (TPSA) is 75.1 Å². The fourth-order valence-corrected chi connectivity index (χ4v) is 1.54. The lowest BCUT2D eigenvalue weighted by atomic mass is 10.1. The molecule has 0 radical (unpaired) electrons. The van der Waals surface area contributed by atoms with Gasteiger partial charge in [-0.15, -0.1) is 0 Å². The number of aromatic nitrogens is 2. The molecule has 0 saturated heterocycles. The molecule has 0 spiro atoms. The van der Waals surface area contributed by atoms with Crippen LogP contribution < -0.4 is 5.32 Å². The molecule has 0 aliphatic rings. The van der Waals surface area contributed by atoms with Crippen molar-refractivity contribution < 1.29 is 14.3 Å². The van der Waals surface area contributed by atoms with Crippen LogP contribution in [0.25, 0.3) is 0 Å². The molecule has 0 bridgehead atoms. The fraction of sp³-hybridized carbons (Fsp3) is 0.133. The number of halogens is 1. The summed E-state index contributed by atoms with van der Waals surface area (Å²) in [7, 11) is 0. The Morgan fingerprint density at radius 2 is 2.24 bits per heavy atom. The summed E-state index contributed by atoms with van der Waals surface area (Å²) in [4.78, 5) is 19.7. The summed E-state index contributed by atoms with van der Waals surface area (Å²) in [5, 5.41) is 11.1. The number of aliphatic hydroxyl groups excluding tert-OH is 1. The van der Waals surface area contributed by atoms with Gasteiger partial charge >= 0.3 is 0 Å². The maximum absolute atomic E-state index is 13.7. The van der Waals surface area contributed by atoms with Crippen molar-refractivity contribution in [1.29, 1.82) is 0 Å². The summed E-state index contributed by atoms with van der Waals surface area (Å²) in [5.41, 5.74) is 0.366. The van der Waals surface area contributed by atoms with E-state index >= 15 is 0 Å². The Balaban J connectivity index is 2.20. The highest BCUT2D eigenvalue weighted by Crippen LogP contribution is 2.12. The second-order valence-corrected chi connectivity index (χ2v) is 4.01. The van der Waals surface area contributed by atoms with E-state index in [9.17, 15) is 9.18 Å². The van der Waals surface area contributed by atoms with E-state index in [4.69, 9.17) is 5.11 Å². The number of carbonyl (C=O) groups is 1. The number of hydrogen-bond donors (Lipinski definition) is 2. The van der Waals surface area contributed by atoms with E-state index in [0.717, 1.165) is 0 Å². The van der Waals surface area contributed by atoms with E-state index in [1.54, 1.807) is 0 Å². The molecule has 2 aromatic rings. The van der Waals surface area contributed by atoms with Gasteiger partial charge in [-0.3, -0.25) is 9.78 Å². The Morgan fingerprint density at radius 3 is 2.95 bits per heavy atom. The SMILES string of the molecule is O=C(Nc1cnccn1)c1cc(C#CCCO)ccc1F. The first kappa shape index (κ1) is 14.6. The highest BCUT2D eigenvalue weighted by molar-refractivity contribution is 6.04. The van der Waals surface area contributed by atoms with Gasteiger partial charge in [-0.1, -0.05) is 11.8 Å². The predicted molar refractivity (Wildman–Crippen MR) is 75.0 cm³/mol. The molecule has 2 rings (SSSR count). The molecule has 2 N–H and O–H groups in total. The molecule has 0 aliphatic heterocycles. The van der Waals surface area contributed by atoms with Gasteiger partial charge in [0.1, 0.15) is 5.82 Å². The molecule has 1 aromatic heterocycles. The maximum atomic E-state index is 13.7. The van der Waals surface area contributed by atoms with Gasteiger partial charge in [0.15, 0.2) is 5.82 Å². The molecule has 1 amide bonds. The molecule has 0 atom stereocenters. The number of hydrogen-bond acceptors (Lipinski definition) is 4. The Morgan fingerprint density at radius 1 is 1.38 bits per heavy atom. The summed E-state index contributed by atoms with van der Waals surface area (Å²) in [6.07, 6.45) is 4.57. The standard InChI is InChI=1S/C15H12FN3O2/c16-13-5-4-11(3-1-2-8-20)9-12(13)15(21)19-14-10-17-6-7-18-14/h4-7,9-10,20H,2,8H2,(H,18,19,21). The predicted octanol–water partition coefficient (Wildman–Crippen LogP) is 1.60. The van der Waals surface area contributed by atoms with Crippen LogP contribution >= 0.6 is 0 Å². The second-order valence-electron chi connectivity index (χ2n) is 4.01. The van der Waals surface area contributed by atoms with Crippen molar-refractivity contribution in [2.75, 3.05) is 11.9 Å². The summed E-state index contributed by atoms with van der Waals surface area (Å²) < 4.78 is 13.7. The van der Waals surface area contributed by atoms with Gasteiger partial charge in [-0.2, -0.15) is 0 Å². The van der Waals surface area contributed by atoms with Crippen LogP contribution in [0.1, 0.15) is 22.3 Å². The molecule has 0 saturated carbocycles. The molecule has 0 aliphatic carbocycles.